The first kappa shape index (κ1) is 15.1. The molecule has 2 rings (SSSR count). The van der Waals surface area contributed by atoms with Crippen LogP contribution in [-0.4, -0.2) is 5.11 Å². The largest absolute Gasteiger partial charge is 0.385 e. The average Bonchev–Trinajstić information content (AvgIpc) is 2.40. The second kappa shape index (κ2) is 5.58. The molecule has 0 amide bonds. The zero-order valence-electron chi connectivity index (χ0n) is 10.6. The molecule has 1 nitrogen and oxygen atoms in total. The van der Waals surface area contributed by atoms with Crippen LogP contribution in [0.4, 0.5) is 13.2 Å². The summed E-state index contributed by atoms with van der Waals surface area (Å²) in [5, 5.41) is 10.4. The van der Waals surface area contributed by atoms with E-state index in [-0.39, 0.29) is 16.5 Å². The van der Waals surface area contributed by atoms with E-state index >= 15 is 0 Å². The number of benzene rings is 2. The van der Waals surface area contributed by atoms with E-state index in [0.29, 0.717) is 5.56 Å². The van der Waals surface area contributed by atoms with Crippen LogP contribution in [0.15, 0.2) is 40.9 Å². The van der Waals surface area contributed by atoms with Crippen molar-refractivity contribution in [3.63, 3.8) is 0 Å². The molecule has 0 fully saturated rings. The van der Waals surface area contributed by atoms with Gasteiger partial charge in [-0.15, -0.1) is 0 Å². The Balaban J connectivity index is 2.38. The molecule has 1 atom stereocenters. The van der Waals surface area contributed by atoms with Crippen LogP contribution >= 0.6 is 15.9 Å². The third-order valence-electron chi connectivity index (χ3n) is 3.13. The molecule has 2 aromatic carbocycles. The van der Waals surface area contributed by atoms with Crippen molar-refractivity contribution in [1.29, 1.82) is 0 Å². The summed E-state index contributed by atoms with van der Waals surface area (Å²) in [5.41, 5.74) is -1.33. The van der Waals surface area contributed by atoms with E-state index in [1.165, 1.54) is 37.3 Å². The third-order valence-corrected chi connectivity index (χ3v) is 3.74. The molecule has 0 bridgehead atoms. The van der Waals surface area contributed by atoms with Gasteiger partial charge in [-0.2, -0.15) is 0 Å². The van der Waals surface area contributed by atoms with Gasteiger partial charge in [-0.05, 0) is 52.7 Å². The monoisotopic (exact) mass is 344 g/mol. The predicted octanol–water partition coefficient (Wildman–Crippen LogP) is 4.32. The van der Waals surface area contributed by atoms with E-state index in [9.17, 15) is 18.3 Å². The van der Waals surface area contributed by atoms with Crippen LogP contribution in [-0.2, 0) is 12.0 Å². The van der Waals surface area contributed by atoms with E-state index in [2.05, 4.69) is 15.9 Å². The molecule has 20 heavy (non-hydrogen) atoms. The molecule has 2 aromatic rings. The molecule has 0 aliphatic heterocycles. The zero-order chi connectivity index (χ0) is 14.9. The number of hydrogen-bond donors (Lipinski definition) is 1. The summed E-state index contributed by atoms with van der Waals surface area (Å²) in [7, 11) is 0. The molecule has 0 heterocycles. The third kappa shape index (κ3) is 3.04. The zero-order valence-corrected chi connectivity index (χ0v) is 12.2. The van der Waals surface area contributed by atoms with Crippen molar-refractivity contribution >= 4 is 15.9 Å². The molecule has 5 heteroatoms. The summed E-state index contributed by atoms with van der Waals surface area (Å²) in [6.07, 6.45) is -0.254. The molecule has 0 spiro atoms. The molecule has 0 aromatic heterocycles. The predicted molar refractivity (Wildman–Crippen MR) is 73.7 cm³/mol. The van der Waals surface area contributed by atoms with Crippen LogP contribution in [0.1, 0.15) is 18.1 Å². The minimum Gasteiger partial charge on any atom is -0.385 e. The second-order valence-electron chi connectivity index (χ2n) is 4.78. The summed E-state index contributed by atoms with van der Waals surface area (Å²) in [5.74, 6) is -1.91. The normalized spacial score (nSPS) is 14.1. The lowest BCUT2D eigenvalue weighted by Crippen LogP contribution is -2.25. The Hall–Kier alpha value is -1.33. The van der Waals surface area contributed by atoms with Gasteiger partial charge in [0.1, 0.15) is 17.5 Å². The molecular weight excluding hydrogens is 333 g/mol. The van der Waals surface area contributed by atoms with Crippen molar-refractivity contribution in [3.8, 4) is 0 Å². The lowest BCUT2D eigenvalue weighted by molar-refractivity contribution is 0.0556. The Labute approximate surface area is 123 Å². The summed E-state index contributed by atoms with van der Waals surface area (Å²) in [6.45, 7) is 1.43. The summed E-state index contributed by atoms with van der Waals surface area (Å²) < 4.78 is 40.6. The van der Waals surface area contributed by atoms with Crippen LogP contribution < -0.4 is 0 Å². The Bertz CT molecular complexity index is 624. The fourth-order valence-electron chi connectivity index (χ4n) is 1.99. The van der Waals surface area contributed by atoms with Gasteiger partial charge in [-0.1, -0.05) is 12.1 Å². The topological polar surface area (TPSA) is 20.2 Å². The summed E-state index contributed by atoms with van der Waals surface area (Å²) >= 11 is 2.98. The Morgan fingerprint density at radius 2 is 1.65 bits per heavy atom. The maximum Gasteiger partial charge on any atom is 0.143 e. The maximum absolute atomic E-state index is 13.9. The van der Waals surface area contributed by atoms with Crippen LogP contribution in [0.3, 0.4) is 0 Å². The lowest BCUT2D eigenvalue weighted by Gasteiger charge is -2.24. The molecule has 0 saturated carbocycles. The van der Waals surface area contributed by atoms with Crippen LogP contribution in [0.5, 0.6) is 0 Å². The van der Waals surface area contributed by atoms with E-state index in [1.807, 2.05) is 0 Å². The van der Waals surface area contributed by atoms with Crippen LogP contribution in [0.25, 0.3) is 0 Å². The van der Waals surface area contributed by atoms with Gasteiger partial charge in [0.05, 0.1) is 10.1 Å². The Morgan fingerprint density at radius 1 is 1.05 bits per heavy atom. The molecule has 0 saturated heterocycles. The number of hydrogen-bond acceptors (Lipinski definition) is 1. The van der Waals surface area contributed by atoms with Gasteiger partial charge in [0.25, 0.3) is 0 Å². The molecular formula is C15H12BrF3O. The van der Waals surface area contributed by atoms with E-state index in [0.717, 1.165) is 6.07 Å². The second-order valence-corrected chi connectivity index (χ2v) is 5.63. The highest BCUT2D eigenvalue weighted by atomic mass is 79.9. The smallest absolute Gasteiger partial charge is 0.143 e. The van der Waals surface area contributed by atoms with Gasteiger partial charge in [0.2, 0.25) is 0 Å². The number of aliphatic hydroxyl groups is 1. The van der Waals surface area contributed by atoms with Crippen LogP contribution in [0.2, 0.25) is 0 Å². The summed E-state index contributed by atoms with van der Waals surface area (Å²) in [4.78, 5) is 0. The van der Waals surface area contributed by atoms with Crippen molar-refractivity contribution < 1.29 is 18.3 Å². The average molecular weight is 345 g/mol. The van der Waals surface area contributed by atoms with Crippen molar-refractivity contribution in [2.45, 2.75) is 18.9 Å². The van der Waals surface area contributed by atoms with Crippen molar-refractivity contribution in [3.05, 3.63) is 69.4 Å². The van der Waals surface area contributed by atoms with E-state index < -0.39 is 23.1 Å². The SMILES string of the molecule is CC(O)(Cc1c(F)ccc(Br)c1F)c1ccc(F)cc1. The number of halogens is 4. The van der Waals surface area contributed by atoms with Crippen LogP contribution in [0, 0.1) is 17.5 Å². The highest BCUT2D eigenvalue weighted by molar-refractivity contribution is 9.10. The van der Waals surface area contributed by atoms with E-state index in [1.54, 1.807) is 0 Å². The summed E-state index contributed by atoms with van der Waals surface area (Å²) in [6, 6.07) is 7.56. The van der Waals surface area contributed by atoms with E-state index in [4.69, 9.17) is 0 Å². The highest BCUT2D eigenvalue weighted by Crippen LogP contribution is 2.30. The fourth-order valence-corrected chi connectivity index (χ4v) is 2.36. The van der Waals surface area contributed by atoms with Crippen molar-refractivity contribution in [2.75, 3.05) is 0 Å². The standard InChI is InChI=1S/C15H12BrF3O/c1-15(20,9-2-4-10(17)5-3-9)8-11-13(18)7-6-12(16)14(11)19/h2-7,20H,8H2,1H3. The van der Waals surface area contributed by atoms with Gasteiger partial charge in [0.15, 0.2) is 0 Å². The first-order valence-corrected chi connectivity index (χ1v) is 6.71. The molecule has 0 radical (unpaired) electrons. The molecule has 1 N–H and O–H groups in total. The van der Waals surface area contributed by atoms with Gasteiger partial charge in [-0.25, -0.2) is 13.2 Å². The van der Waals surface area contributed by atoms with Gasteiger partial charge in [0, 0.05) is 12.0 Å². The quantitative estimate of drug-likeness (QED) is 0.822. The molecule has 1 unspecified atom stereocenters. The maximum atomic E-state index is 13.9. The Morgan fingerprint density at radius 3 is 2.25 bits per heavy atom. The minimum atomic E-state index is -1.50. The first-order chi connectivity index (χ1) is 9.31. The van der Waals surface area contributed by atoms with Gasteiger partial charge < -0.3 is 5.11 Å². The first-order valence-electron chi connectivity index (χ1n) is 5.92. The molecule has 106 valence electrons. The lowest BCUT2D eigenvalue weighted by atomic mass is 9.88. The highest BCUT2D eigenvalue weighted by Gasteiger charge is 2.27. The number of rotatable bonds is 3. The fraction of sp³-hybridized carbons (Fsp3) is 0.200. The van der Waals surface area contributed by atoms with Crippen molar-refractivity contribution in [1.82, 2.24) is 0 Å². The van der Waals surface area contributed by atoms with Gasteiger partial charge >= 0.3 is 0 Å². The van der Waals surface area contributed by atoms with Gasteiger partial charge in [-0.3, -0.25) is 0 Å². The van der Waals surface area contributed by atoms with Crippen molar-refractivity contribution in [2.24, 2.45) is 0 Å². The minimum absolute atomic E-state index is 0.129. The molecule has 0 aliphatic rings. The Kier molecular flexibility index (Phi) is 4.20. The molecule has 0 aliphatic carbocycles.